The zero-order valence-electron chi connectivity index (χ0n) is 22.2. The number of imidazole rings is 1. The second-order valence-corrected chi connectivity index (χ2v) is 9.01. The lowest BCUT2D eigenvalue weighted by molar-refractivity contribution is 0.112. The van der Waals surface area contributed by atoms with Crippen LogP contribution in [0.3, 0.4) is 0 Å². The second kappa shape index (κ2) is 11.4. The molecule has 0 atom stereocenters. The summed E-state index contributed by atoms with van der Waals surface area (Å²) in [5, 5.41) is 0. The summed E-state index contributed by atoms with van der Waals surface area (Å²) >= 11 is 0. The number of hydrogen-bond donors (Lipinski definition) is 0. The average Bonchev–Trinajstić information content (AvgIpc) is 3.36. The number of halogens is 2. The van der Waals surface area contributed by atoms with Crippen LogP contribution in [-0.2, 0) is 6.54 Å². The van der Waals surface area contributed by atoms with Crippen LogP contribution in [0.1, 0.15) is 15.9 Å². The molecule has 0 unspecified atom stereocenters. The fraction of sp³-hybridized carbons (Fsp3) is 0.125. The topological polar surface area (TPSA) is 62.6 Å². The number of methoxy groups -OCH3 is 3. The van der Waals surface area contributed by atoms with Crippen LogP contribution < -0.4 is 14.2 Å². The van der Waals surface area contributed by atoms with E-state index in [1.807, 2.05) is 16.7 Å². The zero-order chi connectivity index (χ0) is 28.2. The Morgan fingerprint density at radius 2 is 1.27 bits per heavy atom. The van der Waals surface area contributed by atoms with E-state index in [0.29, 0.717) is 57.7 Å². The summed E-state index contributed by atoms with van der Waals surface area (Å²) in [6.07, 6.45) is 0.791. The maximum Gasteiger partial charge on any atom is 0.203 e. The Bertz CT molecular complexity index is 1620. The Kier molecular flexibility index (Phi) is 7.59. The third-order valence-corrected chi connectivity index (χ3v) is 6.58. The van der Waals surface area contributed by atoms with Crippen LogP contribution in [0.5, 0.6) is 17.2 Å². The number of nitrogens with zero attached hydrogens (tertiary/aromatic N) is 2. The highest BCUT2D eigenvalue weighted by molar-refractivity contribution is 5.83. The number of carbonyl (C=O) groups is 1. The summed E-state index contributed by atoms with van der Waals surface area (Å²) in [5.41, 5.74) is 4.84. The van der Waals surface area contributed by atoms with Crippen molar-refractivity contribution >= 4 is 6.29 Å². The molecule has 0 aliphatic carbocycles. The summed E-state index contributed by atoms with van der Waals surface area (Å²) < 4.78 is 46.6. The predicted octanol–water partition coefficient (Wildman–Crippen LogP) is 7.05. The van der Waals surface area contributed by atoms with Gasteiger partial charge in [0.25, 0.3) is 0 Å². The molecule has 0 saturated carbocycles. The van der Waals surface area contributed by atoms with Crippen LogP contribution in [-0.4, -0.2) is 37.2 Å². The summed E-state index contributed by atoms with van der Waals surface area (Å²) in [5.74, 6) is 1.17. The SMILES string of the molecule is COc1cc(-c2nc(-c3ccc(F)cc3)c(-c3ccc(F)cc3)n2Cc2ccc(C=O)cc2)cc(OC)c1OC. The van der Waals surface area contributed by atoms with E-state index in [-0.39, 0.29) is 11.6 Å². The van der Waals surface area contributed by atoms with Crippen molar-refractivity contribution in [2.45, 2.75) is 6.54 Å². The van der Waals surface area contributed by atoms with Gasteiger partial charge < -0.3 is 18.8 Å². The van der Waals surface area contributed by atoms with Crippen LogP contribution in [0.25, 0.3) is 33.9 Å². The molecule has 6 nitrogen and oxygen atoms in total. The molecule has 1 aromatic heterocycles. The molecule has 0 spiro atoms. The van der Waals surface area contributed by atoms with Crippen LogP contribution in [0.2, 0.25) is 0 Å². The molecule has 1 heterocycles. The third-order valence-electron chi connectivity index (χ3n) is 6.58. The maximum atomic E-state index is 14.0. The van der Waals surface area contributed by atoms with Crippen molar-refractivity contribution in [1.29, 1.82) is 0 Å². The van der Waals surface area contributed by atoms with Gasteiger partial charge in [0, 0.05) is 28.8 Å². The molecule has 0 saturated heterocycles. The van der Waals surface area contributed by atoms with E-state index in [2.05, 4.69) is 0 Å². The summed E-state index contributed by atoms with van der Waals surface area (Å²) in [4.78, 5) is 16.3. The van der Waals surface area contributed by atoms with Crippen molar-refractivity contribution in [3.63, 3.8) is 0 Å². The Morgan fingerprint density at radius 1 is 0.725 bits per heavy atom. The van der Waals surface area contributed by atoms with Gasteiger partial charge in [-0.1, -0.05) is 24.3 Å². The van der Waals surface area contributed by atoms with Crippen LogP contribution >= 0.6 is 0 Å². The molecule has 40 heavy (non-hydrogen) atoms. The molecule has 0 radical (unpaired) electrons. The molecule has 4 aromatic carbocycles. The molecule has 0 fully saturated rings. The van der Waals surface area contributed by atoms with Gasteiger partial charge in [0.05, 0.1) is 32.7 Å². The first kappa shape index (κ1) is 26.6. The largest absolute Gasteiger partial charge is 0.493 e. The average molecular weight is 541 g/mol. The second-order valence-electron chi connectivity index (χ2n) is 9.01. The monoisotopic (exact) mass is 540 g/mol. The van der Waals surface area contributed by atoms with Gasteiger partial charge in [-0.15, -0.1) is 0 Å². The van der Waals surface area contributed by atoms with Gasteiger partial charge in [-0.25, -0.2) is 13.8 Å². The number of benzene rings is 4. The number of aldehydes is 1. The van der Waals surface area contributed by atoms with Gasteiger partial charge >= 0.3 is 0 Å². The number of ether oxygens (including phenoxy) is 3. The molecule has 0 aliphatic rings. The number of rotatable bonds is 9. The molecule has 0 aliphatic heterocycles. The Labute approximate surface area is 230 Å². The van der Waals surface area contributed by atoms with Crippen molar-refractivity contribution in [1.82, 2.24) is 9.55 Å². The van der Waals surface area contributed by atoms with Gasteiger partial charge in [-0.3, -0.25) is 4.79 Å². The van der Waals surface area contributed by atoms with E-state index in [4.69, 9.17) is 19.2 Å². The Balaban J connectivity index is 1.82. The molecule has 0 amide bonds. The van der Waals surface area contributed by atoms with Gasteiger partial charge in [0.1, 0.15) is 23.7 Å². The normalized spacial score (nSPS) is 10.8. The quantitative estimate of drug-likeness (QED) is 0.188. The molecular formula is C32H26F2N2O4. The maximum absolute atomic E-state index is 14.0. The van der Waals surface area contributed by atoms with E-state index in [1.54, 1.807) is 48.5 Å². The third kappa shape index (κ3) is 5.16. The first-order valence-electron chi connectivity index (χ1n) is 12.4. The van der Waals surface area contributed by atoms with Crippen molar-refractivity contribution < 1.29 is 27.8 Å². The van der Waals surface area contributed by atoms with Gasteiger partial charge in [0.2, 0.25) is 5.75 Å². The molecule has 0 N–H and O–H groups in total. The van der Waals surface area contributed by atoms with Crippen LogP contribution in [0, 0.1) is 11.6 Å². The van der Waals surface area contributed by atoms with E-state index in [1.165, 1.54) is 45.6 Å². The van der Waals surface area contributed by atoms with Crippen molar-refractivity contribution in [3.05, 3.63) is 108 Å². The Hall–Kier alpha value is -4.98. The summed E-state index contributed by atoms with van der Waals surface area (Å²) in [7, 11) is 4.61. The highest BCUT2D eigenvalue weighted by Crippen LogP contribution is 2.43. The van der Waals surface area contributed by atoms with E-state index >= 15 is 0 Å². The fourth-order valence-electron chi connectivity index (χ4n) is 4.63. The van der Waals surface area contributed by atoms with Gasteiger partial charge in [0.15, 0.2) is 11.5 Å². The van der Waals surface area contributed by atoms with Crippen molar-refractivity contribution in [2.24, 2.45) is 0 Å². The lowest BCUT2D eigenvalue weighted by Gasteiger charge is -2.16. The Morgan fingerprint density at radius 3 is 1.77 bits per heavy atom. The zero-order valence-corrected chi connectivity index (χ0v) is 22.2. The van der Waals surface area contributed by atoms with Gasteiger partial charge in [-0.2, -0.15) is 0 Å². The predicted molar refractivity (Wildman–Crippen MR) is 149 cm³/mol. The van der Waals surface area contributed by atoms with Gasteiger partial charge in [-0.05, 0) is 66.2 Å². The molecule has 0 bridgehead atoms. The minimum atomic E-state index is -0.369. The molecule has 5 aromatic rings. The van der Waals surface area contributed by atoms with E-state index in [9.17, 15) is 13.6 Å². The number of hydrogen-bond acceptors (Lipinski definition) is 5. The first-order valence-corrected chi connectivity index (χ1v) is 12.4. The summed E-state index contributed by atoms with van der Waals surface area (Å²) in [6, 6.07) is 23.1. The minimum absolute atomic E-state index is 0.367. The lowest BCUT2D eigenvalue weighted by atomic mass is 10.0. The molecule has 202 valence electrons. The molecule has 8 heteroatoms. The molecular weight excluding hydrogens is 514 g/mol. The standard InChI is InChI=1S/C32H26F2N2O4/c1-38-27-16-24(17-28(39-2)31(27)40-3)32-35-29(22-8-12-25(33)13-9-22)30(23-10-14-26(34)15-11-23)36(32)18-20-4-6-21(19-37)7-5-20/h4-17,19H,18H2,1-3H3. The smallest absolute Gasteiger partial charge is 0.203 e. The van der Waals surface area contributed by atoms with Crippen molar-refractivity contribution in [3.8, 4) is 51.2 Å². The highest BCUT2D eigenvalue weighted by atomic mass is 19.1. The highest BCUT2D eigenvalue weighted by Gasteiger charge is 2.24. The number of aromatic nitrogens is 2. The fourth-order valence-corrected chi connectivity index (χ4v) is 4.63. The first-order chi connectivity index (χ1) is 19.4. The lowest BCUT2D eigenvalue weighted by Crippen LogP contribution is -2.05. The van der Waals surface area contributed by atoms with Crippen LogP contribution in [0.4, 0.5) is 8.78 Å². The van der Waals surface area contributed by atoms with E-state index < -0.39 is 0 Å². The molecule has 5 rings (SSSR count). The van der Waals surface area contributed by atoms with Crippen molar-refractivity contribution in [2.75, 3.05) is 21.3 Å². The summed E-state index contributed by atoms with van der Waals surface area (Å²) in [6.45, 7) is 0.367. The van der Waals surface area contributed by atoms with E-state index in [0.717, 1.165) is 17.4 Å². The minimum Gasteiger partial charge on any atom is -0.493 e. The van der Waals surface area contributed by atoms with Crippen LogP contribution in [0.15, 0.2) is 84.9 Å². The number of carbonyl (C=O) groups excluding carboxylic acids is 1.